The fraction of sp³-hybridized carbons (Fsp3) is 0.692. The molecule has 2 N–H and O–H groups in total. The minimum atomic E-state index is 0.125. The molecule has 2 unspecified atom stereocenters. The van der Waals surface area contributed by atoms with Gasteiger partial charge in [-0.3, -0.25) is 0 Å². The summed E-state index contributed by atoms with van der Waals surface area (Å²) in [6.07, 6.45) is 6.50. The Hall–Kier alpha value is -1.00. The van der Waals surface area contributed by atoms with Crippen molar-refractivity contribution in [3.8, 4) is 0 Å². The van der Waals surface area contributed by atoms with Crippen LogP contribution in [-0.2, 0) is 6.42 Å². The number of rotatable bonds is 1. The average Bonchev–Trinajstić information content (AvgIpc) is 2.76. The quantitative estimate of drug-likeness (QED) is 0.791. The molecule has 92 valence electrons. The van der Waals surface area contributed by atoms with Crippen LogP contribution in [0.5, 0.6) is 0 Å². The Labute approximate surface area is 102 Å². The van der Waals surface area contributed by atoms with Crippen LogP contribution in [0.3, 0.4) is 0 Å². The monoisotopic (exact) mass is 232 g/mol. The summed E-state index contributed by atoms with van der Waals surface area (Å²) < 4.78 is 0. The highest BCUT2D eigenvalue weighted by molar-refractivity contribution is 5.24. The number of likely N-dealkylation sites (tertiary alicyclic amines) is 1. The molecular formula is C13H20N4. The molecule has 4 nitrogen and oxygen atoms in total. The van der Waals surface area contributed by atoms with E-state index in [-0.39, 0.29) is 6.04 Å². The van der Waals surface area contributed by atoms with Gasteiger partial charge in [-0.1, -0.05) is 0 Å². The summed E-state index contributed by atoms with van der Waals surface area (Å²) in [5.41, 5.74) is 8.51. The van der Waals surface area contributed by atoms with Crippen LogP contribution in [0, 0.1) is 0 Å². The highest BCUT2D eigenvalue weighted by Gasteiger charge is 2.26. The van der Waals surface area contributed by atoms with Crippen LogP contribution in [0.2, 0.25) is 0 Å². The van der Waals surface area contributed by atoms with E-state index in [0.29, 0.717) is 5.92 Å². The van der Waals surface area contributed by atoms with Crippen LogP contribution in [0.4, 0.5) is 0 Å². The molecule has 0 aromatic carbocycles. The fourth-order valence-corrected chi connectivity index (χ4v) is 2.94. The van der Waals surface area contributed by atoms with E-state index in [9.17, 15) is 0 Å². The third-order valence-corrected chi connectivity index (χ3v) is 3.99. The Kier molecular flexibility index (Phi) is 2.84. The van der Waals surface area contributed by atoms with Gasteiger partial charge in [-0.2, -0.15) is 0 Å². The Morgan fingerprint density at radius 2 is 2.29 bits per heavy atom. The van der Waals surface area contributed by atoms with Gasteiger partial charge in [0.15, 0.2) is 0 Å². The van der Waals surface area contributed by atoms with Crippen LogP contribution < -0.4 is 5.73 Å². The number of fused-ring (bicyclic) bond motifs is 1. The van der Waals surface area contributed by atoms with E-state index >= 15 is 0 Å². The molecule has 4 heteroatoms. The second-order valence-electron chi connectivity index (χ2n) is 5.39. The second-order valence-corrected chi connectivity index (χ2v) is 5.39. The summed E-state index contributed by atoms with van der Waals surface area (Å²) in [6.45, 7) is 2.23. The Morgan fingerprint density at radius 1 is 1.41 bits per heavy atom. The number of hydrogen-bond donors (Lipinski definition) is 1. The van der Waals surface area contributed by atoms with Crippen molar-refractivity contribution >= 4 is 0 Å². The van der Waals surface area contributed by atoms with Crippen molar-refractivity contribution in [2.24, 2.45) is 5.73 Å². The van der Waals surface area contributed by atoms with E-state index in [1.807, 2.05) is 6.20 Å². The molecule has 0 bridgehead atoms. The topological polar surface area (TPSA) is 55.0 Å². The first-order chi connectivity index (χ1) is 8.24. The van der Waals surface area contributed by atoms with Gasteiger partial charge in [0.05, 0.1) is 5.69 Å². The van der Waals surface area contributed by atoms with E-state index in [4.69, 9.17) is 10.7 Å². The first kappa shape index (κ1) is 11.1. The van der Waals surface area contributed by atoms with Gasteiger partial charge in [-0.25, -0.2) is 9.97 Å². The molecule has 1 fully saturated rings. The summed E-state index contributed by atoms with van der Waals surface area (Å²) in [5.74, 6) is 1.50. The van der Waals surface area contributed by atoms with Gasteiger partial charge in [0, 0.05) is 24.7 Å². The van der Waals surface area contributed by atoms with E-state index in [1.54, 1.807) is 0 Å². The van der Waals surface area contributed by atoms with Crippen molar-refractivity contribution in [1.29, 1.82) is 0 Å². The van der Waals surface area contributed by atoms with Crippen molar-refractivity contribution in [2.75, 3.05) is 20.1 Å². The molecule has 0 spiro atoms. The maximum atomic E-state index is 6.14. The lowest BCUT2D eigenvalue weighted by Crippen LogP contribution is -2.22. The van der Waals surface area contributed by atoms with Crippen LogP contribution in [-0.4, -0.2) is 35.0 Å². The first-order valence-corrected chi connectivity index (χ1v) is 6.54. The Bertz CT molecular complexity index is 418. The fourth-order valence-electron chi connectivity index (χ4n) is 2.94. The van der Waals surface area contributed by atoms with Gasteiger partial charge in [0.25, 0.3) is 0 Å². The van der Waals surface area contributed by atoms with Gasteiger partial charge in [-0.05, 0) is 44.8 Å². The van der Waals surface area contributed by atoms with Crippen LogP contribution in [0.1, 0.15) is 48.3 Å². The van der Waals surface area contributed by atoms with E-state index in [0.717, 1.165) is 37.4 Å². The Balaban J connectivity index is 1.89. The molecule has 1 saturated heterocycles. The molecule has 1 aromatic heterocycles. The molecule has 0 saturated carbocycles. The number of aromatic nitrogens is 2. The van der Waals surface area contributed by atoms with Crippen molar-refractivity contribution < 1.29 is 0 Å². The van der Waals surface area contributed by atoms with Crippen molar-refractivity contribution in [1.82, 2.24) is 14.9 Å². The normalized spacial score (nSPS) is 29.3. The van der Waals surface area contributed by atoms with E-state index in [2.05, 4.69) is 16.9 Å². The van der Waals surface area contributed by atoms with Crippen molar-refractivity contribution in [2.45, 2.75) is 37.6 Å². The lowest BCUT2D eigenvalue weighted by atomic mass is 9.93. The number of aryl methyl sites for hydroxylation is 1. The molecule has 3 rings (SSSR count). The first-order valence-electron chi connectivity index (χ1n) is 6.54. The SMILES string of the molecule is CN1CCC(c2ncc3c(n2)C(N)CCC3)C1. The van der Waals surface area contributed by atoms with Crippen LogP contribution in [0.25, 0.3) is 0 Å². The third kappa shape index (κ3) is 2.07. The van der Waals surface area contributed by atoms with Gasteiger partial charge in [-0.15, -0.1) is 0 Å². The number of likely N-dealkylation sites (N-methyl/N-ethyl adjacent to an activating group) is 1. The molecule has 1 aromatic rings. The number of nitrogens with two attached hydrogens (primary N) is 1. The van der Waals surface area contributed by atoms with Crippen LogP contribution in [0.15, 0.2) is 6.20 Å². The zero-order valence-electron chi connectivity index (χ0n) is 10.4. The molecular weight excluding hydrogens is 212 g/mol. The minimum absolute atomic E-state index is 0.125. The predicted molar refractivity (Wildman–Crippen MR) is 66.8 cm³/mol. The summed E-state index contributed by atoms with van der Waals surface area (Å²) in [7, 11) is 2.16. The van der Waals surface area contributed by atoms with Gasteiger partial charge < -0.3 is 10.6 Å². The standard InChI is InChI=1S/C13H20N4/c1-17-6-5-10(8-17)13-15-7-9-3-2-4-11(14)12(9)16-13/h7,10-11H,2-6,8,14H2,1H3. The Morgan fingerprint density at radius 3 is 3.06 bits per heavy atom. The summed E-state index contributed by atoms with van der Waals surface area (Å²) in [4.78, 5) is 11.6. The molecule has 1 aliphatic carbocycles. The zero-order valence-corrected chi connectivity index (χ0v) is 10.4. The highest BCUT2D eigenvalue weighted by atomic mass is 15.1. The number of hydrogen-bond acceptors (Lipinski definition) is 4. The smallest absolute Gasteiger partial charge is 0.133 e. The summed E-state index contributed by atoms with van der Waals surface area (Å²) in [5, 5.41) is 0. The van der Waals surface area contributed by atoms with E-state index < -0.39 is 0 Å². The van der Waals surface area contributed by atoms with Crippen molar-refractivity contribution in [3.05, 3.63) is 23.3 Å². The molecule has 17 heavy (non-hydrogen) atoms. The molecule has 0 amide bonds. The highest BCUT2D eigenvalue weighted by Crippen LogP contribution is 2.29. The maximum absolute atomic E-state index is 6.14. The molecule has 2 atom stereocenters. The second kappa shape index (κ2) is 4.35. The predicted octanol–water partition coefficient (Wildman–Crippen LogP) is 1.23. The van der Waals surface area contributed by atoms with Gasteiger partial charge >= 0.3 is 0 Å². The average molecular weight is 232 g/mol. The largest absolute Gasteiger partial charge is 0.323 e. The van der Waals surface area contributed by atoms with Gasteiger partial charge in [0.2, 0.25) is 0 Å². The van der Waals surface area contributed by atoms with Crippen LogP contribution >= 0.6 is 0 Å². The molecule has 1 aliphatic heterocycles. The lowest BCUT2D eigenvalue weighted by molar-refractivity contribution is 0.409. The lowest BCUT2D eigenvalue weighted by Gasteiger charge is -2.22. The maximum Gasteiger partial charge on any atom is 0.133 e. The third-order valence-electron chi connectivity index (χ3n) is 3.99. The molecule has 0 radical (unpaired) electrons. The minimum Gasteiger partial charge on any atom is -0.323 e. The van der Waals surface area contributed by atoms with Crippen molar-refractivity contribution in [3.63, 3.8) is 0 Å². The molecule has 2 aliphatic rings. The van der Waals surface area contributed by atoms with Gasteiger partial charge in [0.1, 0.15) is 5.82 Å². The summed E-state index contributed by atoms with van der Waals surface area (Å²) >= 11 is 0. The molecule has 2 heterocycles. The summed E-state index contributed by atoms with van der Waals surface area (Å²) in [6, 6.07) is 0.125. The van der Waals surface area contributed by atoms with E-state index in [1.165, 1.54) is 18.4 Å². The zero-order chi connectivity index (χ0) is 11.8. The number of nitrogens with zero attached hydrogens (tertiary/aromatic N) is 3.